The average molecular weight is 467 g/mol. The van der Waals surface area contributed by atoms with Crippen LogP contribution in [0.25, 0.3) is 0 Å². The second-order valence-corrected chi connectivity index (χ2v) is 10.4. The third kappa shape index (κ3) is 9.39. The Balaban J connectivity index is 1.79. The molecule has 0 spiro atoms. The monoisotopic (exact) mass is 466 g/mol. The molecular formula is C24H34O5S2. The highest BCUT2D eigenvalue weighted by Gasteiger charge is 2.40. The van der Waals surface area contributed by atoms with Crippen LogP contribution in [-0.2, 0) is 20.7 Å². The molecule has 7 heteroatoms. The number of thioether (sulfide) groups is 2. The molecule has 0 radical (unpaired) electrons. The van der Waals surface area contributed by atoms with E-state index in [4.69, 9.17) is 4.74 Å². The normalized spacial score (nSPS) is 22.4. The molecule has 2 N–H and O–H groups in total. The number of ketones is 1. The molecule has 31 heavy (non-hydrogen) atoms. The summed E-state index contributed by atoms with van der Waals surface area (Å²) in [5.74, 6) is 1.82. The number of carbonyl (C=O) groups excluding carboxylic acids is 2. The Morgan fingerprint density at radius 1 is 1.26 bits per heavy atom. The van der Waals surface area contributed by atoms with E-state index in [2.05, 4.69) is 0 Å². The standard InChI is InChI=1S/C24H34O5S2/c1-17(2)29-23(28)16-30-11-6-12-31-24-21(19(15-25)14-22(24)27)10-9-20(26)13-18-7-4-3-5-8-18/h3-5,7-10,17,19-21,24-26H,6,11-16H2,1-2H3. The predicted molar refractivity (Wildman–Crippen MR) is 128 cm³/mol. The summed E-state index contributed by atoms with van der Waals surface area (Å²) in [6, 6.07) is 9.79. The summed E-state index contributed by atoms with van der Waals surface area (Å²) in [6.07, 6.45) is 4.78. The van der Waals surface area contributed by atoms with E-state index in [9.17, 15) is 19.8 Å². The highest BCUT2D eigenvalue weighted by molar-refractivity contribution is 8.01. The highest BCUT2D eigenvalue weighted by atomic mass is 32.2. The fourth-order valence-corrected chi connectivity index (χ4v) is 5.92. The molecule has 0 bridgehead atoms. The lowest BCUT2D eigenvalue weighted by Gasteiger charge is -2.19. The molecule has 4 atom stereocenters. The van der Waals surface area contributed by atoms with Crippen molar-refractivity contribution in [1.29, 1.82) is 0 Å². The van der Waals surface area contributed by atoms with E-state index < -0.39 is 6.10 Å². The third-order valence-corrected chi connectivity index (χ3v) is 7.55. The number of rotatable bonds is 13. The number of aliphatic hydroxyl groups is 2. The summed E-state index contributed by atoms with van der Waals surface area (Å²) >= 11 is 3.17. The van der Waals surface area contributed by atoms with Gasteiger partial charge in [0.25, 0.3) is 0 Å². The van der Waals surface area contributed by atoms with E-state index >= 15 is 0 Å². The molecule has 0 aromatic heterocycles. The van der Waals surface area contributed by atoms with Crippen molar-refractivity contribution in [2.24, 2.45) is 11.8 Å². The summed E-state index contributed by atoms with van der Waals surface area (Å²) in [4.78, 5) is 24.1. The Kier molecular flexibility index (Phi) is 11.7. The largest absolute Gasteiger partial charge is 0.462 e. The second-order valence-electron chi connectivity index (χ2n) is 8.07. The first-order chi connectivity index (χ1) is 14.9. The van der Waals surface area contributed by atoms with Crippen LogP contribution in [0.1, 0.15) is 32.3 Å². The number of benzene rings is 1. The number of aliphatic hydroxyl groups excluding tert-OH is 2. The lowest BCUT2D eigenvalue weighted by Crippen LogP contribution is -2.21. The second kappa shape index (κ2) is 14.0. The summed E-state index contributed by atoms with van der Waals surface area (Å²) in [6.45, 7) is 3.65. The van der Waals surface area contributed by atoms with Crippen molar-refractivity contribution in [2.75, 3.05) is 23.9 Å². The molecule has 172 valence electrons. The predicted octanol–water partition coefficient (Wildman–Crippen LogP) is 3.52. The topological polar surface area (TPSA) is 83.8 Å². The summed E-state index contributed by atoms with van der Waals surface area (Å²) < 4.78 is 5.11. The van der Waals surface area contributed by atoms with E-state index in [-0.39, 0.29) is 41.5 Å². The Bertz CT molecular complexity index is 707. The summed E-state index contributed by atoms with van der Waals surface area (Å²) in [7, 11) is 0. The van der Waals surface area contributed by atoms with Crippen LogP contribution in [0.15, 0.2) is 42.5 Å². The lowest BCUT2D eigenvalue weighted by atomic mass is 9.95. The number of carbonyl (C=O) groups is 2. The van der Waals surface area contributed by atoms with E-state index in [1.54, 1.807) is 29.6 Å². The van der Waals surface area contributed by atoms with Crippen molar-refractivity contribution < 1.29 is 24.5 Å². The van der Waals surface area contributed by atoms with Gasteiger partial charge in [0.05, 0.1) is 23.2 Å². The van der Waals surface area contributed by atoms with Crippen LogP contribution < -0.4 is 0 Å². The van der Waals surface area contributed by atoms with E-state index in [0.717, 1.165) is 23.5 Å². The smallest absolute Gasteiger partial charge is 0.316 e. The van der Waals surface area contributed by atoms with Crippen LogP contribution in [0.5, 0.6) is 0 Å². The minimum Gasteiger partial charge on any atom is -0.462 e. The van der Waals surface area contributed by atoms with Gasteiger partial charge in [-0.25, -0.2) is 0 Å². The number of hydrogen-bond donors (Lipinski definition) is 2. The third-order valence-electron chi connectivity index (χ3n) is 5.07. The first kappa shape index (κ1) is 26.0. The highest BCUT2D eigenvalue weighted by Crippen LogP contribution is 2.38. The minimum absolute atomic E-state index is 0.0274. The van der Waals surface area contributed by atoms with Crippen LogP contribution in [0, 0.1) is 11.8 Å². The van der Waals surface area contributed by atoms with Gasteiger partial charge in [0.1, 0.15) is 5.78 Å². The van der Waals surface area contributed by atoms with Crippen LogP contribution >= 0.6 is 23.5 Å². The van der Waals surface area contributed by atoms with Gasteiger partial charge in [-0.2, -0.15) is 11.8 Å². The van der Waals surface area contributed by atoms with Crippen LogP contribution in [0.2, 0.25) is 0 Å². The van der Waals surface area contributed by atoms with E-state index in [1.165, 1.54) is 0 Å². The van der Waals surface area contributed by atoms with Gasteiger partial charge in [0.15, 0.2) is 0 Å². The number of Topliss-reactive ketones (excluding diaryl/α,β-unsaturated/α-hetero) is 1. The maximum absolute atomic E-state index is 12.5. The minimum atomic E-state index is -0.620. The molecule has 1 fully saturated rings. The molecular weight excluding hydrogens is 432 g/mol. The van der Waals surface area contributed by atoms with Crippen molar-refractivity contribution in [2.45, 2.75) is 50.6 Å². The molecule has 1 aliphatic rings. The van der Waals surface area contributed by atoms with Crippen molar-refractivity contribution in [3.05, 3.63) is 48.0 Å². The lowest BCUT2D eigenvalue weighted by molar-refractivity contribution is -0.144. The quantitative estimate of drug-likeness (QED) is 0.261. The number of ether oxygens (including phenoxy) is 1. The van der Waals surface area contributed by atoms with Crippen molar-refractivity contribution in [1.82, 2.24) is 0 Å². The molecule has 1 aliphatic carbocycles. The molecule has 1 aromatic carbocycles. The number of allylic oxidation sites excluding steroid dienone is 1. The molecule has 1 aromatic rings. The van der Waals surface area contributed by atoms with Gasteiger partial charge in [0, 0.05) is 25.4 Å². The van der Waals surface area contributed by atoms with Crippen LogP contribution in [0.4, 0.5) is 0 Å². The van der Waals surface area contributed by atoms with Gasteiger partial charge in [-0.05, 0) is 43.3 Å². The molecule has 1 saturated carbocycles. The summed E-state index contributed by atoms with van der Waals surface area (Å²) in [5.41, 5.74) is 1.06. The first-order valence-corrected chi connectivity index (χ1v) is 13.0. The molecule has 0 amide bonds. The van der Waals surface area contributed by atoms with Gasteiger partial charge >= 0.3 is 5.97 Å². The first-order valence-electron chi connectivity index (χ1n) is 10.8. The van der Waals surface area contributed by atoms with E-state index in [1.807, 2.05) is 50.3 Å². The maximum Gasteiger partial charge on any atom is 0.316 e. The van der Waals surface area contributed by atoms with Gasteiger partial charge < -0.3 is 14.9 Å². The van der Waals surface area contributed by atoms with Crippen molar-refractivity contribution >= 4 is 35.3 Å². The number of esters is 1. The molecule has 0 aliphatic heterocycles. The van der Waals surface area contributed by atoms with Crippen LogP contribution in [0.3, 0.4) is 0 Å². The van der Waals surface area contributed by atoms with Gasteiger partial charge in [-0.3, -0.25) is 9.59 Å². The van der Waals surface area contributed by atoms with Crippen molar-refractivity contribution in [3.63, 3.8) is 0 Å². The van der Waals surface area contributed by atoms with Gasteiger partial charge in [-0.1, -0.05) is 42.5 Å². The van der Waals surface area contributed by atoms with Crippen molar-refractivity contribution in [3.8, 4) is 0 Å². The SMILES string of the molecule is CC(C)OC(=O)CSCCCSC1C(=O)CC(CO)C1C=CC(O)Cc1ccccc1. The summed E-state index contributed by atoms with van der Waals surface area (Å²) in [5, 5.41) is 19.9. The Labute approximate surface area is 194 Å². The van der Waals surface area contributed by atoms with Gasteiger partial charge in [-0.15, -0.1) is 11.8 Å². The number of hydrogen-bond acceptors (Lipinski definition) is 7. The van der Waals surface area contributed by atoms with Gasteiger partial charge in [0.2, 0.25) is 0 Å². The molecule has 2 rings (SSSR count). The molecule has 0 heterocycles. The Morgan fingerprint density at radius 3 is 2.68 bits per heavy atom. The molecule has 4 unspecified atom stereocenters. The average Bonchev–Trinajstić information content (AvgIpc) is 3.03. The Morgan fingerprint density at radius 2 is 2.00 bits per heavy atom. The maximum atomic E-state index is 12.5. The fourth-order valence-electron chi connectivity index (χ4n) is 3.62. The molecule has 5 nitrogen and oxygen atoms in total. The van der Waals surface area contributed by atoms with Crippen LogP contribution in [-0.4, -0.2) is 63.3 Å². The zero-order valence-corrected chi connectivity index (χ0v) is 19.9. The van der Waals surface area contributed by atoms with E-state index in [0.29, 0.717) is 18.6 Å². The Hall–Kier alpha value is -1.28. The zero-order valence-electron chi connectivity index (χ0n) is 18.3. The molecule has 0 saturated heterocycles. The fraction of sp³-hybridized carbons (Fsp3) is 0.583. The zero-order chi connectivity index (χ0) is 22.6.